The molecule has 20 rings (SSSR count). The monoisotopic (exact) mass is 1880 g/mol. The van der Waals surface area contributed by atoms with Crippen LogP contribution in [0.3, 0.4) is 0 Å². The Morgan fingerprint density at radius 3 is 0.787 bits per heavy atom. The Hall–Kier alpha value is -16.5. The summed E-state index contributed by atoms with van der Waals surface area (Å²) in [5.41, 5.74) is 23.9. The Morgan fingerprint density at radius 1 is 0.287 bits per heavy atom. The van der Waals surface area contributed by atoms with Crippen LogP contribution in [0.15, 0.2) is 296 Å². The summed E-state index contributed by atoms with van der Waals surface area (Å²) in [6, 6.07) is 88.0. The van der Waals surface area contributed by atoms with Gasteiger partial charge in [-0.1, -0.05) is 222 Å². The average Bonchev–Trinajstić information content (AvgIpc) is 0.783. The van der Waals surface area contributed by atoms with E-state index in [2.05, 4.69) is 37.2 Å². The average molecular weight is 1880 g/mol. The second kappa shape index (κ2) is 42.8. The zero-order chi connectivity index (χ0) is 94.0. The molecule has 0 bridgehead atoms. The van der Waals surface area contributed by atoms with Crippen LogP contribution in [0.25, 0.3) is 93.6 Å². The van der Waals surface area contributed by atoms with Crippen molar-refractivity contribution in [3.63, 3.8) is 0 Å². The molecule has 21 nitrogen and oxygen atoms in total. The highest BCUT2D eigenvalue weighted by Gasteiger charge is 2.28. The minimum absolute atomic E-state index is 0.100. The molecule has 672 valence electrons. The smallest absolute Gasteiger partial charge is 0.230 e. The van der Waals surface area contributed by atoms with Crippen molar-refractivity contribution < 1.29 is 49.1 Å². The molecule has 16 aromatic rings. The number of fused-ring (bicyclic) bond motifs is 12. The van der Waals surface area contributed by atoms with E-state index in [1.54, 1.807) is 97.1 Å². The highest BCUT2D eigenvalue weighted by molar-refractivity contribution is 9.10. The van der Waals surface area contributed by atoms with Crippen molar-refractivity contribution in [2.24, 2.45) is 0 Å². The quantitative estimate of drug-likeness (QED) is 0.0342. The molecule has 0 saturated carbocycles. The third kappa shape index (κ3) is 23.7. The number of anilines is 4. The summed E-state index contributed by atoms with van der Waals surface area (Å²) in [6.07, 6.45) is 21.6. The van der Waals surface area contributed by atoms with E-state index in [9.17, 15) is 49.1 Å². The van der Waals surface area contributed by atoms with Gasteiger partial charge in [-0.3, -0.25) is 19.2 Å². The summed E-state index contributed by atoms with van der Waals surface area (Å²) < 4.78 is 14.2. The number of hydrogen-bond donors (Lipinski definition) is 9. The van der Waals surface area contributed by atoms with Crippen LogP contribution in [0.2, 0.25) is 5.02 Å². The molecule has 136 heavy (non-hydrogen) atoms. The van der Waals surface area contributed by atoms with Crippen molar-refractivity contribution in [2.75, 3.05) is 21.3 Å². The Bertz CT molecular complexity index is 6400. The lowest BCUT2D eigenvalue weighted by molar-refractivity contribution is -0.116. The molecule has 4 aromatic heterocycles. The zero-order valence-corrected chi connectivity index (χ0v) is 75.7. The first-order valence-electron chi connectivity index (χ1n) is 44.3. The number of aromatic nitrogens is 8. The van der Waals surface area contributed by atoms with Gasteiger partial charge in [-0.15, -0.1) is 0 Å². The van der Waals surface area contributed by atoms with Crippen molar-refractivity contribution in [1.82, 2.24) is 39.9 Å². The Balaban J connectivity index is 0.000000126. The van der Waals surface area contributed by atoms with Crippen LogP contribution in [0.4, 0.5) is 27.7 Å². The number of phenolic OH excluding ortho intramolecular Hbond substituents is 5. The van der Waals surface area contributed by atoms with Crippen molar-refractivity contribution in [1.29, 1.82) is 0 Å². The SMILES string of the molecule is O=C(Cc1ccc(Br)cc1)Nc1nc2c(nc1/C=C/c1ccccc1)-c1ccc(O)cc1CC2.O=C(Cc1ccc(Cl)cc1)Nc1nc2c(nc1/C=C/c1ccccc1)-c1ccc(O)cc1CC2.O=C(Cc1ccc(F)cc1)Nc1nc2c(nc1/C=C/c1ccccc1)-c1ccc(O)cc1CC2.O=C(Cc1ccc(O)cc1)Nc1nc2c(nc1/C=C/c1ccccc1)-c1ccc(O)cc1CC2. The van der Waals surface area contributed by atoms with E-state index in [1.807, 2.05) is 231 Å². The lowest BCUT2D eigenvalue weighted by Crippen LogP contribution is -2.19. The maximum absolute atomic E-state index is 13.2. The standard InChI is InChI=1S/C28H22BrN3O2.C28H22ClN3O2.C28H22FN3O2.C28H23N3O3/c3*29-21-10-6-19(7-11-21)16-26(34)32-28-25(14-8-18-4-2-1-3-5-18)30-27-23-13-12-22(33)17-20(23)9-15-24(27)31-28;32-21-10-6-19(7-11-21)16-26(34)31-28-25(14-8-18-4-2-1-3-5-18)29-27-23-13-12-22(33)17-20(23)9-15-24(27)30-28/h3*1-8,10-14,17,33H,9,15-16H2,(H,31,32,34);1-8,10-14,17,32-33H,9,15-16H2,(H,30,31,34)/b4*14-8+. The van der Waals surface area contributed by atoms with E-state index in [1.165, 1.54) is 12.1 Å². The maximum Gasteiger partial charge on any atom is 0.230 e. The van der Waals surface area contributed by atoms with Crippen LogP contribution in [-0.2, 0) is 96.2 Å². The van der Waals surface area contributed by atoms with E-state index >= 15 is 0 Å². The lowest BCUT2D eigenvalue weighted by Gasteiger charge is -2.20. The number of phenols is 5. The molecule has 0 unspecified atom stereocenters. The third-order valence-corrected chi connectivity index (χ3v) is 23.8. The van der Waals surface area contributed by atoms with Crippen LogP contribution in [0.1, 0.15) is 112 Å². The molecule has 4 heterocycles. The number of benzene rings is 12. The first-order valence-corrected chi connectivity index (χ1v) is 45.4. The number of nitrogens with zero attached hydrogens (tertiary/aromatic N) is 8. The molecule has 12 aromatic carbocycles. The largest absolute Gasteiger partial charge is 0.508 e. The molecule has 4 aliphatic carbocycles. The van der Waals surface area contributed by atoms with Crippen LogP contribution < -0.4 is 21.3 Å². The summed E-state index contributed by atoms with van der Waals surface area (Å²) in [6.45, 7) is 0. The number of rotatable bonds is 20. The second-order valence-corrected chi connectivity index (χ2v) is 34.2. The van der Waals surface area contributed by atoms with Gasteiger partial charge in [-0.2, -0.15) is 0 Å². The van der Waals surface area contributed by atoms with Gasteiger partial charge in [0.1, 0.15) is 57.3 Å². The summed E-state index contributed by atoms with van der Waals surface area (Å²) in [5, 5.41) is 61.4. The van der Waals surface area contributed by atoms with E-state index in [0.29, 0.717) is 82.3 Å². The molecule has 0 spiro atoms. The summed E-state index contributed by atoms with van der Waals surface area (Å²) in [4.78, 5) is 90.1. The highest BCUT2D eigenvalue weighted by atomic mass is 79.9. The van der Waals surface area contributed by atoms with E-state index < -0.39 is 0 Å². The number of carbonyl (C=O) groups is 4. The molecule has 0 radical (unpaired) electrons. The molecule has 9 N–H and O–H groups in total. The minimum Gasteiger partial charge on any atom is -0.508 e. The van der Waals surface area contributed by atoms with Crippen molar-refractivity contribution >= 4 is 123 Å². The summed E-state index contributed by atoms with van der Waals surface area (Å²) >= 11 is 9.38. The fraction of sp³-hybridized carbons (Fsp3) is 0.107. The summed E-state index contributed by atoms with van der Waals surface area (Å²) in [7, 11) is 0. The third-order valence-electron chi connectivity index (χ3n) is 23.0. The predicted octanol–water partition coefficient (Wildman–Crippen LogP) is 22.5. The number of halogens is 3. The Morgan fingerprint density at radius 2 is 0.522 bits per heavy atom. The normalized spacial score (nSPS) is 12.3. The molecular weight excluding hydrogens is 1790 g/mol. The minimum atomic E-state index is -0.341. The van der Waals surface area contributed by atoms with E-state index in [-0.39, 0.29) is 83.9 Å². The highest BCUT2D eigenvalue weighted by Crippen LogP contribution is 2.41. The van der Waals surface area contributed by atoms with Crippen LogP contribution >= 0.6 is 27.5 Å². The molecule has 4 aliphatic rings. The molecule has 0 fully saturated rings. The van der Waals surface area contributed by atoms with Gasteiger partial charge >= 0.3 is 0 Å². The van der Waals surface area contributed by atoms with Gasteiger partial charge in [0, 0.05) is 31.7 Å². The second-order valence-electron chi connectivity index (χ2n) is 32.8. The van der Waals surface area contributed by atoms with E-state index in [4.69, 9.17) is 51.5 Å². The summed E-state index contributed by atoms with van der Waals surface area (Å²) in [5.74, 6) is 1.67. The van der Waals surface area contributed by atoms with Gasteiger partial charge < -0.3 is 46.8 Å². The molecule has 0 atom stereocenters. The predicted molar refractivity (Wildman–Crippen MR) is 537 cm³/mol. The van der Waals surface area contributed by atoms with E-state index in [0.717, 1.165) is 159 Å². The topological polar surface area (TPSA) is 321 Å². The Kier molecular flexibility index (Phi) is 28.8. The number of amides is 4. The van der Waals surface area contributed by atoms with Gasteiger partial charge in [-0.05, 0) is 264 Å². The van der Waals surface area contributed by atoms with Crippen molar-refractivity contribution in [3.05, 3.63) is 419 Å². The number of nitrogens with one attached hydrogen (secondary N) is 4. The molecule has 0 saturated heterocycles. The van der Waals surface area contributed by atoms with Crippen LogP contribution in [0, 0.1) is 5.82 Å². The lowest BCUT2D eigenvalue weighted by atomic mass is 9.91. The van der Waals surface area contributed by atoms with Gasteiger partial charge in [0.15, 0.2) is 23.3 Å². The molecule has 4 amide bonds. The first kappa shape index (κ1) is 91.4. The fourth-order valence-corrected chi connectivity index (χ4v) is 16.6. The van der Waals surface area contributed by atoms with Gasteiger partial charge in [-0.25, -0.2) is 44.3 Å². The van der Waals surface area contributed by atoms with Crippen molar-refractivity contribution in [3.8, 4) is 73.8 Å². The number of carbonyl (C=O) groups excluding carboxylic acids is 4. The molecule has 24 heteroatoms. The van der Waals surface area contributed by atoms with Gasteiger partial charge in [0.2, 0.25) is 23.6 Å². The zero-order valence-electron chi connectivity index (χ0n) is 73.4. The van der Waals surface area contributed by atoms with Gasteiger partial charge in [0.25, 0.3) is 0 Å². The number of aromatic hydroxyl groups is 5. The molecular formula is C112H89BrClFN12O9. The molecule has 0 aliphatic heterocycles. The van der Waals surface area contributed by atoms with Crippen LogP contribution in [0.5, 0.6) is 28.7 Å². The first-order chi connectivity index (χ1) is 66.2. The maximum atomic E-state index is 13.2. The Labute approximate surface area is 797 Å². The van der Waals surface area contributed by atoms with Gasteiger partial charge in [0.05, 0.1) is 71.2 Å². The fourth-order valence-electron chi connectivity index (χ4n) is 16.2. The van der Waals surface area contributed by atoms with Crippen molar-refractivity contribution in [2.45, 2.75) is 77.0 Å². The number of hydrogen-bond acceptors (Lipinski definition) is 17. The van der Waals surface area contributed by atoms with Crippen LogP contribution in [-0.4, -0.2) is 89.0 Å². The number of aryl methyl sites for hydroxylation is 8.